The normalized spacial score (nSPS) is 10.4. The van der Waals surface area contributed by atoms with Crippen molar-refractivity contribution in [2.45, 2.75) is 25.7 Å². The number of benzene rings is 1. The van der Waals surface area contributed by atoms with Crippen LogP contribution in [0.1, 0.15) is 25.7 Å². The molecule has 0 radical (unpaired) electrons. The number of unbranched alkanes of at least 4 members (excludes halogenated alkanes) is 2. The zero-order valence-corrected chi connectivity index (χ0v) is 19.0. The monoisotopic (exact) mass is 660 g/mol. The lowest BCUT2D eigenvalue weighted by Crippen LogP contribution is -2.25. The predicted octanol–water partition coefficient (Wildman–Crippen LogP) is 4.35. The highest BCUT2D eigenvalue weighted by molar-refractivity contribution is 14.1. The molecule has 0 aliphatic carbocycles. The predicted molar refractivity (Wildman–Crippen MR) is 115 cm³/mol. The molecule has 0 atom stereocenters. The van der Waals surface area contributed by atoms with E-state index in [9.17, 15) is 9.59 Å². The first-order valence-electron chi connectivity index (χ1n) is 6.71. The van der Waals surface area contributed by atoms with Crippen molar-refractivity contribution >= 4 is 96.9 Å². The summed E-state index contributed by atoms with van der Waals surface area (Å²) in [4.78, 5) is 22.9. The highest BCUT2D eigenvalue weighted by atomic mass is 127. The lowest BCUT2D eigenvalue weighted by molar-refractivity contribution is -0.119. The third-order valence-corrected chi connectivity index (χ3v) is 5.36. The maximum absolute atomic E-state index is 12.0. The molecule has 0 unspecified atom stereocenters. The van der Waals surface area contributed by atoms with Crippen LogP contribution in [0.2, 0.25) is 0 Å². The summed E-state index contributed by atoms with van der Waals surface area (Å²) in [7, 11) is 0. The lowest BCUT2D eigenvalue weighted by Gasteiger charge is -2.10. The Morgan fingerprint density at radius 1 is 1.00 bits per heavy atom. The third kappa shape index (κ3) is 7.95. The Morgan fingerprint density at radius 2 is 1.64 bits per heavy atom. The standard InChI is InChI=1S/C14H16ClI3N2O2/c15-8-13(22)19-5-3-1-2-4-12(21)20-14-10(17)6-9(16)7-11(14)18/h6-7H,1-5,8H2,(H,19,22)(H,20,21). The van der Waals surface area contributed by atoms with Gasteiger partial charge in [0.1, 0.15) is 5.88 Å². The molecule has 1 aromatic rings. The summed E-state index contributed by atoms with van der Waals surface area (Å²) in [5.41, 5.74) is 0.890. The van der Waals surface area contributed by atoms with Crippen molar-refractivity contribution in [3.05, 3.63) is 22.8 Å². The molecule has 0 bridgehead atoms. The molecule has 2 amide bonds. The van der Waals surface area contributed by atoms with Crippen molar-refractivity contribution in [2.24, 2.45) is 0 Å². The van der Waals surface area contributed by atoms with Gasteiger partial charge in [-0.05, 0) is 92.7 Å². The van der Waals surface area contributed by atoms with E-state index in [1.165, 1.54) is 0 Å². The highest BCUT2D eigenvalue weighted by Gasteiger charge is 2.10. The van der Waals surface area contributed by atoms with Crippen molar-refractivity contribution in [2.75, 3.05) is 17.7 Å². The van der Waals surface area contributed by atoms with Gasteiger partial charge in [0.2, 0.25) is 11.8 Å². The largest absolute Gasteiger partial charge is 0.355 e. The smallest absolute Gasteiger partial charge is 0.234 e. The number of amides is 2. The molecule has 0 fully saturated rings. The van der Waals surface area contributed by atoms with Gasteiger partial charge in [-0.1, -0.05) is 6.42 Å². The van der Waals surface area contributed by atoms with Gasteiger partial charge in [0.05, 0.1) is 5.69 Å². The number of rotatable bonds is 8. The number of carbonyl (C=O) groups is 2. The maximum Gasteiger partial charge on any atom is 0.234 e. The molecular formula is C14H16ClI3N2O2. The summed E-state index contributed by atoms with van der Waals surface area (Å²) >= 11 is 12.1. The first-order valence-corrected chi connectivity index (χ1v) is 10.5. The van der Waals surface area contributed by atoms with Crippen LogP contribution in [0.4, 0.5) is 5.69 Å². The van der Waals surface area contributed by atoms with Gasteiger partial charge < -0.3 is 10.6 Å². The van der Waals surface area contributed by atoms with Gasteiger partial charge >= 0.3 is 0 Å². The summed E-state index contributed by atoms with van der Waals surface area (Å²) in [6.07, 6.45) is 3.05. The van der Waals surface area contributed by atoms with Crippen LogP contribution >= 0.6 is 79.4 Å². The van der Waals surface area contributed by atoms with Gasteiger partial charge in [0, 0.05) is 23.7 Å². The van der Waals surface area contributed by atoms with Gasteiger partial charge in [0.25, 0.3) is 0 Å². The van der Waals surface area contributed by atoms with Crippen molar-refractivity contribution in [3.63, 3.8) is 0 Å². The van der Waals surface area contributed by atoms with E-state index in [1.54, 1.807) is 0 Å². The van der Waals surface area contributed by atoms with Crippen LogP contribution in [-0.4, -0.2) is 24.2 Å². The van der Waals surface area contributed by atoms with Gasteiger partial charge in [-0.2, -0.15) is 0 Å². The zero-order chi connectivity index (χ0) is 16.5. The second-order valence-electron chi connectivity index (χ2n) is 4.59. The number of halogens is 4. The van der Waals surface area contributed by atoms with Crippen LogP contribution in [-0.2, 0) is 9.59 Å². The Kier molecular flexibility index (Phi) is 10.6. The fourth-order valence-corrected chi connectivity index (χ4v) is 5.67. The number of carbonyl (C=O) groups excluding carboxylic acids is 2. The minimum atomic E-state index is -0.151. The Hall–Kier alpha value is 0.640. The first kappa shape index (κ1) is 20.7. The minimum absolute atomic E-state index is 0.00428. The van der Waals surface area contributed by atoms with Crippen LogP contribution in [0.5, 0.6) is 0 Å². The topological polar surface area (TPSA) is 58.2 Å². The minimum Gasteiger partial charge on any atom is -0.355 e. The van der Waals surface area contributed by atoms with E-state index in [4.69, 9.17) is 11.6 Å². The van der Waals surface area contributed by atoms with Crippen LogP contribution in [0, 0.1) is 10.7 Å². The summed E-state index contributed by atoms with van der Waals surface area (Å²) in [5.74, 6) is -0.125. The number of hydrogen-bond donors (Lipinski definition) is 2. The van der Waals surface area contributed by atoms with Gasteiger partial charge in [-0.15, -0.1) is 11.6 Å². The third-order valence-electron chi connectivity index (χ3n) is 2.80. The second-order valence-corrected chi connectivity index (χ2v) is 8.42. The summed E-state index contributed by atoms with van der Waals surface area (Å²) < 4.78 is 3.25. The van der Waals surface area contributed by atoms with E-state index in [0.29, 0.717) is 13.0 Å². The van der Waals surface area contributed by atoms with Crippen molar-refractivity contribution in [1.29, 1.82) is 0 Å². The molecule has 0 aliphatic rings. The van der Waals surface area contributed by atoms with E-state index >= 15 is 0 Å². The summed E-state index contributed by atoms with van der Waals surface area (Å²) in [5, 5.41) is 5.69. The van der Waals surface area contributed by atoms with Crippen LogP contribution in [0.15, 0.2) is 12.1 Å². The lowest BCUT2D eigenvalue weighted by atomic mass is 10.2. The first-order chi connectivity index (χ1) is 10.4. The van der Waals surface area contributed by atoms with E-state index in [2.05, 4.69) is 78.4 Å². The fraction of sp³-hybridized carbons (Fsp3) is 0.429. The molecule has 1 rings (SSSR count). The van der Waals surface area contributed by atoms with Crippen molar-refractivity contribution in [1.82, 2.24) is 5.32 Å². The van der Waals surface area contributed by atoms with Crippen LogP contribution in [0.25, 0.3) is 0 Å². The molecule has 4 nitrogen and oxygen atoms in total. The molecule has 2 N–H and O–H groups in total. The van der Waals surface area contributed by atoms with Crippen molar-refractivity contribution < 1.29 is 9.59 Å². The van der Waals surface area contributed by atoms with Gasteiger partial charge in [0.15, 0.2) is 0 Å². The van der Waals surface area contributed by atoms with E-state index in [1.807, 2.05) is 12.1 Å². The molecule has 0 saturated heterocycles. The number of anilines is 1. The molecule has 0 aliphatic heterocycles. The molecular weight excluding hydrogens is 644 g/mol. The molecule has 0 saturated carbocycles. The number of hydrogen-bond acceptors (Lipinski definition) is 2. The Balaban J connectivity index is 2.28. The number of nitrogens with one attached hydrogen (secondary N) is 2. The van der Waals surface area contributed by atoms with Gasteiger partial charge in [-0.25, -0.2) is 0 Å². The van der Waals surface area contributed by atoms with E-state index < -0.39 is 0 Å². The maximum atomic E-state index is 12.0. The molecule has 0 aromatic heterocycles. The Labute approximate surface area is 176 Å². The SMILES string of the molecule is O=C(CCl)NCCCCCC(=O)Nc1c(I)cc(I)cc1I. The van der Waals surface area contributed by atoms with Crippen LogP contribution in [0.3, 0.4) is 0 Å². The summed E-state index contributed by atoms with van der Waals surface area (Å²) in [6.45, 7) is 0.611. The van der Waals surface area contributed by atoms with Crippen LogP contribution < -0.4 is 10.6 Å². The average Bonchev–Trinajstić information content (AvgIpc) is 2.46. The molecule has 8 heteroatoms. The fourth-order valence-electron chi connectivity index (χ4n) is 1.73. The van der Waals surface area contributed by atoms with E-state index in [-0.39, 0.29) is 17.7 Å². The second kappa shape index (κ2) is 11.2. The van der Waals surface area contributed by atoms with Crippen molar-refractivity contribution in [3.8, 4) is 0 Å². The molecule has 1 aromatic carbocycles. The molecule has 0 spiro atoms. The Bertz CT molecular complexity index is 518. The Morgan fingerprint density at radius 3 is 2.23 bits per heavy atom. The summed E-state index contributed by atoms with van der Waals surface area (Å²) in [6, 6.07) is 4.08. The van der Waals surface area contributed by atoms with Gasteiger partial charge in [-0.3, -0.25) is 9.59 Å². The molecule has 22 heavy (non-hydrogen) atoms. The highest BCUT2D eigenvalue weighted by Crippen LogP contribution is 2.27. The average molecular weight is 660 g/mol. The molecule has 122 valence electrons. The van der Waals surface area contributed by atoms with E-state index in [0.717, 1.165) is 35.7 Å². The number of alkyl halides is 1. The molecule has 0 heterocycles. The zero-order valence-electron chi connectivity index (χ0n) is 11.7. The quantitative estimate of drug-likeness (QED) is 0.248.